The number of anilines is 1. The number of imidazole rings is 1. The Hall–Kier alpha value is -3.26. The van der Waals surface area contributed by atoms with Crippen molar-refractivity contribution in [2.45, 2.75) is 88.6 Å². The highest BCUT2D eigenvalue weighted by Gasteiger charge is 2.47. The largest absolute Gasteiger partial charge is 0.401 e. The molecule has 2 aliphatic rings. The SMILES string of the molecule is CC(C)(C)c1ccc2[nH]c(CCC3CC(N(CC4OC(n5ccc6c(N)ncnc65)C(O)C4O)CC(F)(F)F)C3)nc2c1. The normalized spacial score (nSPS) is 26.5. The van der Waals surface area contributed by atoms with Gasteiger partial charge in [0.05, 0.1) is 23.0 Å². The van der Waals surface area contributed by atoms with Gasteiger partial charge in [-0.15, -0.1) is 0 Å². The highest BCUT2D eigenvalue weighted by molar-refractivity contribution is 5.86. The molecule has 1 aliphatic heterocycles. The first-order valence-electron chi connectivity index (χ1n) is 14.7. The number of nitrogens with one attached hydrogen (secondary N) is 1. The van der Waals surface area contributed by atoms with Gasteiger partial charge in [0, 0.05) is 25.2 Å². The van der Waals surface area contributed by atoms with Crippen LogP contribution in [-0.4, -0.2) is 83.2 Å². The fourth-order valence-electron chi connectivity index (χ4n) is 6.33. The molecular weight excluding hydrogens is 563 g/mol. The van der Waals surface area contributed by atoms with Crippen LogP contribution in [0.2, 0.25) is 0 Å². The van der Waals surface area contributed by atoms with E-state index in [4.69, 9.17) is 15.5 Å². The van der Waals surface area contributed by atoms with Crippen molar-refractivity contribution < 1.29 is 28.1 Å². The van der Waals surface area contributed by atoms with E-state index in [9.17, 15) is 23.4 Å². The third kappa shape index (κ3) is 6.08. The second kappa shape index (κ2) is 11.0. The molecule has 6 rings (SSSR count). The number of rotatable bonds is 8. The van der Waals surface area contributed by atoms with E-state index in [0.29, 0.717) is 30.3 Å². The molecule has 13 heteroatoms. The number of aromatic amines is 1. The number of alkyl halides is 3. The summed E-state index contributed by atoms with van der Waals surface area (Å²) >= 11 is 0. The predicted octanol–water partition coefficient (Wildman–Crippen LogP) is 4.08. The van der Waals surface area contributed by atoms with Gasteiger partial charge in [-0.05, 0) is 54.4 Å². The molecular formula is C30H38F3N7O3. The Morgan fingerprint density at radius 3 is 2.60 bits per heavy atom. The maximum atomic E-state index is 13.6. The van der Waals surface area contributed by atoms with E-state index >= 15 is 0 Å². The zero-order valence-corrected chi connectivity index (χ0v) is 24.4. The molecule has 0 radical (unpaired) electrons. The van der Waals surface area contributed by atoms with Gasteiger partial charge in [-0.25, -0.2) is 15.0 Å². The Kier molecular flexibility index (Phi) is 7.64. The second-order valence-electron chi connectivity index (χ2n) is 13.0. The van der Waals surface area contributed by atoms with Gasteiger partial charge in [0.1, 0.15) is 41.9 Å². The van der Waals surface area contributed by atoms with Gasteiger partial charge >= 0.3 is 6.18 Å². The number of aliphatic hydroxyl groups excluding tert-OH is 2. The molecule has 3 aromatic heterocycles. The third-order valence-corrected chi connectivity index (χ3v) is 8.86. The number of nitrogen functional groups attached to an aromatic ring is 1. The molecule has 0 amide bonds. The lowest BCUT2D eigenvalue weighted by atomic mass is 9.76. The number of aliphatic hydroxyl groups is 2. The highest BCUT2D eigenvalue weighted by Crippen LogP contribution is 2.39. The Morgan fingerprint density at radius 2 is 1.88 bits per heavy atom. The lowest BCUT2D eigenvalue weighted by Gasteiger charge is -2.44. The van der Waals surface area contributed by atoms with E-state index in [1.165, 1.54) is 21.4 Å². The monoisotopic (exact) mass is 601 g/mol. The van der Waals surface area contributed by atoms with Crippen molar-refractivity contribution in [1.29, 1.82) is 0 Å². The van der Waals surface area contributed by atoms with Crippen molar-refractivity contribution in [3.05, 3.63) is 48.2 Å². The number of benzene rings is 1. The molecule has 5 N–H and O–H groups in total. The number of H-pyrrole nitrogens is 1. The summed E-state index contributed by atoms with van der Waals surface area (Å²) < 4.78 is 48.4. The minimum atomic E-state index is -4.42. The van der Waals surface area contributed by atoms with E-state index in [2.05, 4.69) is 47.9 Å². The molecule has 1 saturated carbocycles. The van der Waals surface area contributed by atoms with Crippen LogP contribution in [0.3, 0.4) is 0 Å². The minimum absolute atomic E-state index is 0.0231. The van der Waals surface area contributed by atoms with Crippen LogP contribution in [-0.2, 0) is 16.6 Å². The standard InChI is InChI=1S/C30H38F3N7O3/c1-29(2,3)17-5-6-20-21(12-17)38-23(37-20)7-4-16-10-18(11-16)39(14-30(31,32)33)13-22-24(41)25(42)28(43-22)40-9-8-19-26(34)35-15-36-27(19)40/h5-6,8-9,12,15-16,18,22,24-25,28,41-42H,4,7,10-11,13-14H2,1-3H3,(H,37,38)(H2,34,35,36). The molecule has 4 unspecified atom stereocenters. The maximum Gasteiger partial charge on any atom is 0.401 e. The summed E-state index contributed by atoms with van der Waals surface area (Å²) in [7, 11) is 0. The van der Waals surface area contributed by atoms with Crippen molar-refractivity contribution in [2.75, 3.05) is 18.8 Å². The molecule has 1 saturated heterocycles. The smallest absolute Gasteiger partial charge is 0.387 e. The molecule has 4 heterocycles. The summed E-state index contributed by atoms with van der Waals surface area (Å²) in [5.74, 6) is 1.39. The number of fused-ring (bicyclic) bond motifs is 2. The van der Waals surface area contributed by atoms with Gasteiger partial charge in [-0.3, -0.25) is 4.90 Å². The van der Waals surface area contributed by atoms with Crippen LogP contribution >= 0.6 is 0 Å². The van der Waals surface area contributed by atoms with Crippen LogP contribution in [0.1, 0.15) is 57.6 Å². The number of aryl methyl sites for hydroxylation is 1. The first-order chi connectivity index (χ1) is 20.3. The zero-order chi connectivity index (χ0) is 30.7. The van der Waals surface area contributed by atoms with Gasteiger partial charge in [0.15, 0.2) is 6.23 Å². The summed E-state index contributed by atoms with van der Waals surface area (Å²) in [5, 5.41) is 22.1. The van der Waals surface area contributed by atoms with Gasteiger partial charge in [-0.1, -0.05) is 26.8 Å². The average Bonchev–Trinajstić information content (AvgIpc) is 3.58. The number of nitrogens with zero attached hydrogens (tertiary/aromatic N) is 5. The number of aromatic nitrogens is 5. The van der Waals surface area contributed by atoms with Gasteiger partial charge in [0.25, 0.3) is 0 Å². The van der Waals surface area contributed by atoms with E-state index < -0.39 is 37.3 Å². The Morgan fingerprint density at radius 1 is 1.12 bits per heavy atom. The fraction of sp³-hybridized carbons (Fsp3) is 0.567. The summed E-state index contributed by atoms with van der Waals surface area (Å²) in [6.07, 6.45) is -3.57. The first kappa shape index (κ1) is 29.8. The van der Waals surface area contributed by atoms with E-state index in [-0.39, 0.29) is 29.7 Å². The lowest BCUT2D eigenvalue weighted by molar-refractivity contribution is -0.163. The van der Waals surface area contributed by atoms with Crippen molar-refractivity contribution in [3.8, 4) is 0 Å². The van der Waals surface area contributed by atoms with Crippen molar-refractivity contribution >= 4 is 27.9 Å². The molecule has 4 atom stereocenters. The topological polar surface area (TPSA) is 138 Å². The van der Waals surface area contributed by atoms with Crippen LogP contribution in [0.4, 0.5) is 19.0 Å². The van der Waals surface area contributed by atoms with E-state index in [0.717, 1.165) is 23.3 Å². The zero-order valence-electron chi connectivity index (χ0n) is 24.4. The highest BCUT2D eigenvalue weighted by atomic mass is 19.4. The first-order valence-corrected chi connectivity index (χ1v) is 14.7. The van der Waals surface area contributed by atoms with Crippen LogP contribution < -0.4 is 5.73 Å². The lowest BCUT2D eigenvalue weighted by Crippen LogP contribution is -2.52. The van der Waals surface area contributed by atoms with E-state index in [1.54, 1.807) is 12.3 Å². The summed E-state index contributed by atoms with van der Waals surface area (Å²) in [6, 6.07) is 7.62. The van der Waals surface area contributed by atoms with Crippen molar-refractivity contribution in [1.82, 2.24) is 29.4 Å². The molecule has 1 aliphatic carbocycles. The Bertz CT molecular complexity index is 1590. The third-order valence-electron chi connectivity index (χ3n) is 8.86. The van der Waals surface area contributed by atoms with Gasteiger partial charge in [0.2, 0.25) is 0 Å². The summed E-state index contributed by atoms with van der Waals surface area (Å²) in [5.41, 5.74) is 9.43. The summed E-state index contributed by atoms with van der Waals surface area (Å²) in [4.78, 5) is 17.6. The molecule has 4 aromatic rings. The number of nitrogens with two attached hydrogens (primary N) is 1. The molecule has 0 spiro atoms. The molecule has 2 fully saturated rings. The van der Waals surface area contributed by atoms with Crippen LogP contribution in [0, 0.1) is 5.92 Å². The Balaban J connectivity index is 1.08. The molecule has 10 nitrogen and oxygen atoms in total. The van der Waals surface area contributed by atoms with Gasteiger partial charge in [-0.2, -0.15) is 13.2 Å². The molecule has 0 bridgehead atoms. The fourth-order valence-corrected chi connectivity index (χ4v) is 6.33. The number of ether oxygens (including phenoxy) is 1. The molecule has 1 aromatic carbocycles. The van der Waals surface area contributed by atoms with Crippen LogP contribution in [0.25, 0.3) is 22.1 Å². The van der Waals surface area contributed by atoms with Crippen LogP contribution in [0.15, 0.2) is 36.8 Å². The minimum Gasteiger partial charge on any atom is -0.387 e. The second-order valence-corrected chi connectivity index (χ2v) is 13.0. The van der Waals surface area contributed by atoms with Crippen LogP contribution in [0.5, 0.6) is 0 Å². The van der Waals surface area contributed by atoms with Gasteiger partial charge < -0.3 is 30.2 Å². The Labute approximate surface area is 247 Å². The summed E-state index contributed by atoms with van der Waals surface area (Å²) in [6.45, 7) is 5.20. The quantitative estimate of drug-likeness (QED) is 0.237. The molecule has 232 valence electrons. The number of hydrogen-bond donors (Lipinski definition) is 4. The number of halogens is 3. The van der Waals surface area contributed by atoms with E-state index in [1.807, 2.05) is 6.07 Å². The van der Waals surface area contributed by atoms with Crippen molar-refractivity contribution in [3.63, 3.8) is 0 Å². The maximum absolute atomic E-state index is 13.6. The number of hydrogen-bond acceptors (Lipinski definition) is 8. The average molecular weight is 602 g/mol. The molecule has 43 heavy (non-hydrogen) atoms. The predicted molar refractivity (Wildman–Crippen MR) is 155 cm³/mol. The van der Waals surface area contributed by atoms with Crippen molar-refractivity contribution in [2.24, 2.45) is 5.92 Å².